The molecule has 0 aromatic heterocycles. The smallest absolute Gasteiger partial charge is 0.0750 e. The summed E-state index contributed by atoms with van der Waals surface area (Å²) >= 11 is 0. The number of anilines is 1. The summed E-state index contributed by atoms with van der Waals surface area (Å²) in [4.78, 5) is 2.42. The second-order valence-corrected chi connectivity index (χ2v) is 5.01. The molecule has 0 radical (unpaired) electrons. The fraction of sp³-hybridized carbons (Fsp3) is 0.600. The van der Waals surface area contributed by atoms with Gasteiger partial charge in [-0.3, -0.25) is 0 Å². The van der Waals surface area contributed by atoms with Gasteiger partial charge in [0.2, 0.25) is 0 Å². The zero-order valence-electron chi connectivity index (χ0n) is 11.4. The average Bonchev–Trinajstić information content (AvgIpc) is 2.39. The Morgan fingerprint density at radius 3 is 2.94 bits per heavy atom. The van der Waals surface area contributed by atoms with Crippen LogP contribution in [0, 0.1) is 0 Å². The van der Waals surface area contributed by atoms with Gasteiger partial charge in [-0.05, 0) is 38.3 Å². The highest BCUT2D eigenvalue weighted by Gasteiger charge is 2.22. The van der Waals surface area contributed by atoms with Crippen LogP contribution in [-0.4, -0.2) is 25.8 Å². The van der Waals surface area contributed by atoms with Crippen LogP contribution < -0.4 is 10.6 Å². The van der Waals surface area contributed by atoms with E-state index in [-0.39, 0.29) is 6.04 Å². The zero-order valence-corrected chi connectivity index (χ0v) is 11.4. The lowest BCUT2D eigenvalue weighted by atomic mass is 10.0. The Morgan fingerprint density at radius 1 is 1.44 bits per heavy atom. The molecule has 1 unspecified atom stereocenters. The van der Waals surface area contributed by atoms with Crippen molar-refractivity contribution in [3.63, 3.8) is 0 Å². The third-order valence-corrected chi connectivity index (χ3v) is 3.55. The summed E-state index contributed by atoms with van der Waals surface area (Å²) in [6, 6.07) is 8.53. The van der Waals surface area contributed by atoms with Gasteiger partial charge < -0.3 is 15.4 Å². The van der Waals surface area contributed by atoms with E-state index in [1.807, 2.05) is 6.92 Å². The van der Waals surface area contributed by atoms with Gasteiger partial charge in [-0.25, -0.2) is 0 Å². The highest BCUT2D eigenvalue weighted by Crippen LogP contribution is 2.28. The number of benzene rings is 1. The molecule has 0 aliphatic carbocycles. The number of hydrogen-bond acceptors (Lipinski definition) is 3. The number of para-hydroxylation sites is 1. The second kappa shape index (κ2) is 6.21. The highest BCUT2D eigenvalue weighted by molar-refractivity contribution is 5.55. The lowest BCUT2D eigenvalue weighted by Crippen LogP contribution is -2.40. The first-order chi connectivity index (χ1) is 8.72. The van der Waals surface area contributed by atoms with Crippen molar-refractivity contribution in [2.75, 3.05) is 24.6 Å². The van der Waals surface area contributed by atoms with Crippen molar-refractivity contribution in [3.8, 4) is 0 Å². The van der Waals surface area contributed by atoms with Crippen molar-refractivity contribution in [2.24, 2.45) is 5.73 Å². The van der Waals surface area contributed by atoms with Gasteiger partial charge in [0.1, 0.15) is 0 Å². The SMILES string of the molecule is CCOC1CCCN(c2ccccc2[C@@H](C)N)C1. The van der Waals surface area contributed by atoms with Crippen LogP contribution in [0.3, 0.4) is 0 Å². The normalized spacial score (nSPS) is 21.9. The molecule has 0 bridgehead atoms. The largest absolute Gasteiger partial charge is 0.377 e. The Labute approximate surface area is 110 Å². The minimum atomic E-state index is 0.0775. The van der Waals surface area contributed by atoms with Crippen LogP contribution in [0.2, 0.25) is 0 Å². The molecule has 1 aromatic carbocycles. The van der Waals surface area contributed by atoms with Crippen LogP contribution >= 0.6 is 0 Å². The average molecular weight is 248 g/mol. The fourth-order valence-corrected chi connectivity index (χ4v) is 2.69. The summed E-state index contributed by atoms with van der Waals surface area (Å²) in [6.07, 6.45) is 2.73. The van der Waals surface area contributed by atoms with Crippen LogP contribution in [0.4, 0.5) is 5.69 Å². The van der Waals surface area contributed by atoms with Gasteiger partial charge in [0, 0.05) is 31.4 Å². The van der Waals surface area contributed by atoms with Gasteiger partial charge in [-0.2, -0.15) is 0 Å². The molecule has 1 aliphatic rings. The maximum absolute atomic E-state index is 6.06. The highest BCUT2D eigenvalue weighted by atomic mass is 16.5. The van der Waals surface area contributed by atoms with E-state index in [0.717, 1.165) is 19.7 Å². The molecule has 2 atom stereocenters. The maximum Gasteiger partial charge on any atom is 0.0750 e. The molecule has 3 nitrogen and oxygen atoms in total. The molecule has 0 spiro atoms. The maximum atomic E-state index is 6.06. The summed E-state index contributed by atoms with van der Waals surface area (Å²) in [5.74, 6) is 0. The van der Waals surface area contributed by atoms with Crippen molar-refractivity contribution in [1.82, 2.24) is 0 Å². The molecule has 0 saturated carbocycles. The molecule has 100 valence electrons. The van der Waals surface area contributed by atoms with E-state index >= 15 is 0 Å². The first kappa shape index (κ1) is 13.4. The quantitative estimate of drug-likeness (QED) is 0.890. The van der Waals surface area contributed by atoms with E-state index in [1.54, 1.807) is 0 Å². The molecule has 1 heterocycles. The summed E-state index contributed by atoms with van der Waals surface area (Å²) < 4.78 is 5.76. The molecule has 1 saturated heterocycles. The molecule has 18 heavy (non-hydrogen) atoms. The van der Waals surface area contributed by atoms with Gasteiger partial charge in [0.15, 0.2) is 0 Å². The van der Waals surface area contributed by atoms with Gasteiger partial charge in [0.25, 0.3) is 0 Å². The molecule has 1 aromatic rings. The summed E-state index contributed by atoms with van der Waals surface area (Å²) in [5, 5.41) is 0. The van der Waals surface area contributed by atoms with E-state index in [4.69, 9.17) is 10.5 Å². The number of hydrogen-bond donors (Lipinski definition) is 1. The van der Waals surface area contributed by atoms with E-state index in [2.05, 4.69) is 36.1 Å². The van der Waals surface area contributed by atoms with Crippen LogP contribution in [0.5, 0.6) is 0 Å². The predicted octanol–water partition coefficient (Wildman–Crippen LogP) is 2.71. The lowest BCUT2D eigenvalue weighted by Gasteiger charge is -2.35. The van der Waals surface area contributed by atoms with Crippen molar-refractivity contribution >= 4 is 5.69 Å². The first-order valence-corrected chi connectivity index (χ1v) is 6.93. The molecule has 0 amide bonds. The molecular weight excluding hydrogens is 224 g/mol. The summed E-state index contributed by atoms with van der Waals surface area (Å²) in [6.45, 7) is 7.00. The van der Waals surface area contributed by atoms with Crippen molar-refractivity contribution < 1.29 is 4.74 Å². The van der Waals surface area contributed by atoms with Crippen LogP contribution in [0.25, 0.3) is 0 Å². The van der Waals surface area contributed by atoms with Gasteiger partial charge in [0.05, 0.1) is 6.10 Å². The molecule has 3 heteroatoms. The fourth-order valence-electron chi connectivity index (χ4n) is 2.69. The summed E-state index contributed by atoms with van der Waals surface area (Å²) in [7, 11) is 0. The predicted molar refractivity (Wildman–Crippen MR) is 75.9 cm³/mol. The lowest BCUT2D eigenvalue weighted by molar-refractivity contribution is 0.0526. The van der Waals surface area contributed by atoms with E-state index < -0.39 is 0 Å². The first-order valence-electron chi connectivity index (χ1n) is 6.93. The molecule has 1 fully saturated rings. The Kier molecular flexibility index (Phi) is 4.61. The van der Waals surface area contributed by atoms with Crippen molar-refractivity contribution in [2.45, 2.75) is 38.8 Å². The van der Waals surface area contributed by atoms with Crippen LogP contribution in [-0.2, 0) is 4.74 Å². The Bertz CT molecular complexity index is 377. The second-order valence-electron chi connectivity index (χ2n) is 5.01. The van der Waals surface area contributed by atoms with Gasteiger partial charge >= 0.3 is 0 Å². The van der Waals surface area contributed by atoms with E-state index in [0.29, 0.717) is 6.10 Å². The number of ether oxygens (including phenoxy) is 1. The Balaban J connectivity index is 2.15. The Morgan fingerprint density at radius 2 is 2.22 bits per heavy atom. The standard InChI is InChI=1S/C15H24N2O/c1-3-18-13-7-6-10-17(11-13)15-9-5-4-8-14(15)12(2)16/h4-5,8-9,12-13H,3,6-7,10-11,16H2,1-2H3/t12-,13?/m1/s1. The van der Waals surface area contributed by atoms with Crippen molar-refractivity contribution in [1.29, 1.82) is 0 Å². The van der Waals surface area contributed by atoms with E-state index in [9.17, 15) is 0 Å². The third-order valence-electron chi connectivity index (χ3n) is 3.55. The van der Waals surface area contributed by atoms with Crippen LogP contribution in [0.1, 0.15) is 38.3 Å². The van der Waals surface area contributed by atoms with Gasteiger partial charge in [-0.15, -0.1) is 0 Å². The monoisotopic (exact) mass is 248 g/mol. The molecule has 2 rings (SSSR count). The number of rotatable bonds is 4. The third kappa shape index (κ3) is 3.03. The summed E-state index contributed by atoms with van der Waals surface area (Å²) in [5.41, 5.74) is 8.56. The van der Waals surface area contributed by atoms with Crippen molar-refractivity contribution in [3.05, 3.63) is 29.8 Å². The Hall–Kier alpha value is -1.06. The number of nitrogens with zero attached hydrogens (tertiary/aromatic N) is 1. The topological polar surface area (TPSA) is 38.5 Å². The molecule has 2 N–H and O–H groups in total. The van der Waals surface area contributed by atoms with E-state index in [1.165, 1.54) is 24.1 Å². The zero-order chi connectivity index (χ0) is 13.0. The minimum Gasteiger partial charge on any atom is -0.377 e. The molecule has 1 aliphatic heterocycles. The number of nitrogens with two attached hydrogens (primary N) is 1. The number of piperidine rings is 1. The van der Waals surface area contributed by atoms with Crippen LogP contribution in [0.15, 0.2) is 24.3 Å². The van der Waals surface area contributed by atoms with Gasteiger partial charge in [-0.1, -0.05) is 18.2 Å². The molecular formula is C15H24N2O. The minimum absolute atomic E-state index is 0.0775.